The van der Waals surface area contributed by atoms with E-state index in [4.69, 9.17) is 11.6 Å². The molecule has 0 fully saturated rings. The van der Waals surface area contributed by atoms with Crippen molar-refractivity contribution in [3.05, 3.63) is 34.4 Å². The standard InChI is InChI=1S/C12H11ClF7N/c1-2-3-21-10(11(16,17)12(18,19)20)6-4-8(14)9(15)5-7(6)13/h4-5,10,21H,2-3H2,1H3. The lowest BCUT2D eigenvalue weighted by Gasteiger charge is -2.30. The van der Waals surface area contributed by atoms with Crippen LogP contribution in [0.3, 0.4) is 0 Å². The van der Waals surface area contributed by atoms with Crippen molar-refractivity contribution < 1.29 is 30.7 Å². The fourth-order valence-corrected chi connectivity index (χ4v) is 1.90. The van der Waals surface area contributed by atoms with Crippen LogP contribution in [0.1, 0.15) is 24.9 Å². The molecule has 0 aliphatic heterocycles. The summed E-state index contributed by atoms with van der Waals surface area (Å²) in [6, 6.07) is -2.01. The van der Waals surface area contributed by atoms with Crippen molar-refractivity contribution in [2.45, 2.75) is 31.5 Å². The van der Waals surface area contributed by atoms with Crippen LogP contribution in [0.5, 0.6) is 0 Å². The van der Waals surface area contributed by atoms with Crippen LogP contribution in [0.15, 0.2) is 12.1 Å². The van der Waals surface area contributed by atoms with Gasteiger partial charge >= 0.3 is 12.1 Å². The number of rotatable bonds is 5. The van der Waals surface area contributed by atoms with Crippen LogP contribution in [0.25, 0.3) is 0 Å². The third kappa shape index (κ3) is 3.79. The van der Waals surface area contributed by atoms with Gasteiger partial charge in [0, 0.05) is 5.02 Å². The molecule has 120 valence electrons. The quantitative estimate of drug-likeness (QED) is 0.598. The topological polar surface area (TPSA) is 12.0 Å². The summed E-state index contributed by atoms with van der Waals surface area (Å²) in [5.74, 6) is -8.19. The average Bonchev–Trinajstić information content (AvgIpc) is 2.34. The molecule has 0 spiro atoms. The van der Waals surface area contributed by atoms with Crippen molar-refractivity contribution in [3.63, 3.8) is 0 Å². The molecule has 1 aromatic carbocycles. The Kier molecular flexibility index (Phi) is 5.49. The van der Waals surface area contributed by atoms with Gasteiger partial charge in [-0.05, 0) is 30.7 Å². The van der Waals surface area contributed by atoms with Gasteiger partial charge in [0.1, 0.15) is 6.04 Å². The largest absolute Gasteiger partial charge is 0.455 e. The van der Waals surface area contributed by atoms with Crippen LogP contribution in [0, 0.1) is 11.6 Å². The fourth-order valence-electron chi connectivity index (χ4n) is 1.64. The van der Waals surface area contributed by atoms with Gasteiger partial charge < -0.3 is 5.32 Å². The average molecular weight is 338 g/mol. The Morgan fingerprint density at radius 1 is 1.10 bits per heavy atom. The minimum atomic E-state index is -5.87. The lowest BCUT2D eigenvalue weighted by atomic mass is 9.99. The van der Waals surface area contributed by atoms with Gasteiger partial charge in [0.05, 0.1) is 0 Å². The second kappa shape index (κ2) is 6.39. The summed E-state index contributed by atoms with van der Waals surface area (Å²) in [6.45, 7) is 1.36. The second-order valence-electron chi connectivity index (χ2n) is 4.30. The lowest BCUT2D eigenvalue weighted by molar-refractivity contribution is -0.294. The third-order valence-electron chi connectivity index (χ3n) is 2.69. The zero-order valence-electron chi connectivity index (χ0n) is 10.7. The van der Waals surface area contributed by atoms with Gasteiger partial charge in [0.25, 0.3) is 0 Å². The lowest BCUT2D eigenvalue weighted by Crippen LogP contribution is -2.48. The van der Waals surface area contributed by atoms with Crippen molar-refractivity contribution in [1.82, 2.24) is 5.32 Å². The van der Waals surface area contributed by atoms with Crippen molar-refractivity contribution >= 4 is 11.6 Å². The summed E-state index contributed by atoms with van der Waals surface area (Å²) < 4.78 is 90.7. The first-order valence-electron chi connectivity index (χ1n) is 5.84. The van der Waals surface area contributed by atoms with E-state index >= 15 is 0 Å². The Morgan fingerprint density at radius 2 is 1.62 bits per heavy atom. The molecule has 0 aliphatic rings. The molecule has 1 N–H and O–H groups in total. The first-order chi connectivity index (χ1) is 9.52. The van der Waals surface area contributed by atoms with Gasteiger partial charge in [-0.2, -0.15) is 22.0 Å². The van der Waals surface area contributed by atoms with Crippen LogP contribution in [-0.4, -0.2) is 18.6 Å². The highest BCUT2D eigenvalue weighted by atomic mass is 35.5. The summed E-state index contributed by atoms with van der Waals surface area (Å²) in [5.41, 5.74) is -0.855. The highest BCUT2D eigenvalue weighted by Crippen LogP contribution is 2.46. The number of benzene rings is 1. The van der Waals surface area contributed by atoms with E-state index in [0.29, 0.717) is 6.07 Å². The van der Waals surface area contributed by atoms with E-state index in [1.54, 1.807) is 6.92 Å². The second-order valence-corrected chi connectivity index (χ2v) is 4.70. The molecule has 0 amide bonds. The molecule has 0 saturated carbocycles. The zero-order chi connectivity index (χ0) is 16.4. The van der Waals surface area contributed by atoms with Gasteiger partial charge in [-0.1, -0.05) is 18.5 Å². The number of nitrogens with one attached hydrogen (secondary N) is 1. The van der Waals surface area contributed by atoms with E-state index in [2.05, 4.69) is 0 Å². The van der Waals surface area contributed by atoms with Crippen LogP contribution in [0.4, 0.5) is 30.7 Å². The van der Waals surface area contributed by atoms with Crippen molar-refractivity contribution in [2.75, 3.05) is 6.54 Å². The maximum absolute atomic E-state index is 13.6. The van der Waals surface area contributed by atoms with Gasteiger partial charge in [-0.15, -0.1) is 0 Å². The number of hydrogen-bond acceptors (Lipinski definition) is 1. The smallest absolute Gasteiger partial charge is 0.305 e. The molecule has 0 radical (unpaired) electrons. The number of halogens is 8. The fraction of sp³-hybridized carbons (Fsp3) is 0.500. The van der Waals surface area contributed by atoms with Gasteiger partial charge in [-0.25, -0.2) is 8.78 Å². The molecule has 0 saturated heterocycles. The maximum Gasteiger partial charge on any atom is 0.455 e. The Labute approximate surface area is 121 Å². The van der Waals surface area contributed by atoms with Crippen molar-refractivity contribution in [2.24, 2.45) is 0 Å². The Balaban J connectivity index is 3.36. The highest BCUT2D eigenvalue weighted by Gasteiger charge is 2.63. The monoisotopic (exact) mass is 337 g/mol. The number of hydrogen-bond donors (Lipinski definition) is 1. The third-order valence-corrected chi connectivity index (χ3v) is 3.02. The molecule has 1 rings (SSSR count). The van der Waals surface area contributed by atoms with E-state index < -0.39 is 40.4 Å². The molecule has 0 aliphatic carbocycles. The summed E-state index contributed by atoms with van der Waals surface area (Å²) in [6.07, 6.45) is -5.61. The zero-order valence-corrected chi connectivity index (χ0v) is 11.4. The molecule has 0 bridgehead atoms. The van der Waals surface area contributed by atoms with Crippen LogP contribution in [-0.2, 0) is 0 Å². The number of alkyl halides is 5. The minimum absolute atomic E-state index is 0.189. The molecule has 0 heterocycles. The molecule has 1 unspecified atom stereocenters. The Bertz CT molecular complexity index is 501. The summed E-state index contributed by atoms with van der Waals surface area (Å²) in [5, 5.41) is 1.26. The van der Waals surface area contributed by atoms with Crippen LogP contribution in [0.2, 0.25) is 5.02 Å². The molecule has 1 atom stereocenters. The first kappa shape index (κ1) is 18.0. The molecular formula is C12H11ClF7N. The maximum atomic E-state index is 13.6. The molecule has 0 aromatic heterocycles. The normalized spacial score (nSPS) is 14.3. The summed E-state index contributed by atoms with van der Waals surface area (Å²) in [7, 11) is 0. The molecule has 21 heavy (non-hydrogen) atoms. The van der Waals surface area contributed by atoms with Crippen molar-refractivity contribution in [1.29, 1.82) is 0 Å². The van der Waals surface area contributed by atoms with Gasteiger partial charge in [0.2, 0.25) is 0 Å². The van der Waals surface area contributed by atoms with E-state index in [1.165, 1.54) is 0 Å². The van der Waals surface area contributed by atoms with Crippen molar-refractivity contribution in [3.8, 4) is 0 Å². The highest BCUT2D eigenvalue weighted by molar-refractivity contribution is 6.31. The van der Waals surface area contributed by atoms with Gasteiger partial charge in [0.15, 0.2) is 11.6 Å². The molecular weight excluding hydrogens is 327 g/mol. The van der Waals surface area contributed by atoms with E-state index in [9.17, 15) is 30.7 Å². The first-order valence-corrected chi connectivity index (χ1v) is 6.22. The Morgan fingerprint density at radius 3 is 2.10 bits per heavy atom. The van der Waals surface area contributed by atoms with E-state index in [0.717, 1.165) is 0 Å². The van der Waals surface area contributed by atoms with Gasteiger partial charge in [-0.3, -0.25) is 0 Å². The summed E-state index contributed by atoms with van der Waals surface area (Å²) in [4.78, 5) is 0. The molecule has 9 heteroatoms. The molecule has 1 nitrogen and oxygen atoms in total. The Hall–Kier alpha value is -1.02. The minimum Gasteiger partial charge on any atom is -0.305 e. The van der Waals surface area contributed by atoms with Crippen LogP contribution >= 0.6 is 11.6 Å². The predicted molar refractivity (Wildman–Crippen MR) is 63.4 cm³/mol. The van der Waals surface area contributed by atoms with E-state index in [1.807, 2.05) is 5.32 Å². The SMILES string of the molecule is CCCNC(c1cc(F)c(F)cc1Cl)C(F)(F)C(F)(F)F. The van der Waals surface area contributed by atoms with E-state index in [-0.39, 0.29) is 19.0 Å². The summed E-state index contributed by atoms with van der Waals surface area (Å²) >= 11 is 5.48. The molecule has 1 aromatic rings. The van der Waals surface area contributed by atoms with Crippen LogP contribution < -0.4 is 5.32 Å². The predicted octanol–water partition coefficient (Wildman–Crippen LogP) is 4.86.